The molecule has 1 N–H and O–H groups in total. The molecule has 1 rings (SSSR count). The van der Waals surface area contributed by atoms with Gasteiger partial charge in [-0.1, -0.05) is 20.8 Å². The van der Waals surface area contributed by atoms with Crippen LogP contribution in [0.4, 0.5) is 0 Å². The molecule has 114 valence electrons. The van der Waals surface area contributed by atoms with Crippen molar-refractivity contribution in [1.82, 2.24) is 10.2 Å². The molecule has 19 heavy (non-hydrogen) atoms. The molecule has 0 saturated carbocycles. The molecule has 1 saturated heterocycles. The fraction of sp³-hybridized carbons (Fsp3) is 1.00. The molecule has 1 heterocycles. The minimum Gasteiger partial charge on any atom is -0.317 e. The van der Waals surface area contributed by atoms with Crippen LogP contribution in [0, 0.1) is 5.41 Å². The van der Waals surface area contributed by atoms with E-state index in [0.29, 0.717) is 11.8 Å². The number of sulfone groups is 1. The Morgan fingerprint density at radius 2 is 2.11 bits per heavy atom. The Morgan fingerprint density at radius 3 is 2.63 bits per heavy atom. The van der Waals surface area contributed by atoms with Crippen molar-refractivity contribution in [2.75, 3.05) is 37.4 Å². The molecule has 0 radical (unpaired) electrons. The summed E-state index contributed by atoms with van der Waals surface area (Å²) in [5.41, 5.74) is 0.0538. The van der Waals surface area contributed by atoms with Gasteiger partial charge in [-0.15, -0.1) is 0 Å². The summed E-state index contributed by atoms with van der Waals surface area (Å²) in [4.78, 5) is 2.17. The Morgan fingerprint density at radius 1 is 1.47 bits per heavy atom. The van der Waals surface area contributed by atoms with Gasteiger partial charge >= 0.3 is 0 Å². The van der Waals surface area contributed by atoms with E-state index in [1.165, 1.54) is 0 Å². The molecule has 2 atom stereocenters. The summed E-state index contributed by atoms with van der Waals surface area (Å²) in [5.74, 6) is 1.97. The van der Waals surface area contributed by atoms with E-state index >= 15 is 0 Å². The summed E-state index contributed by atoms with van der Waals surface area (Å²) in [5, 5.41) is 2.98. The third-order valence-corrected chi connectivity index (χ3v) is 7.56. The fourth-order valence-corrected chi connectivity index (χ4v) is 5.45. The van der Waals surface area contributed by atoms with Crippen LogP contribution in [0.15, 0.2) is 0 Å². The van der Waals surface area contributed by atoms with Crippen LogP contribution < -0.4 is 5.32 Å². The Hall–Kier alpha value is 0.220. The highest BCUT2D eigenvalue weighted by molar-refractivity contribution is 8.01. The van der Waals surface area contributed by atoms with Gasteiger partial charge in [-0.2, -0.15) is 11.8 Å². The fourth-order valence-electron chi connectivity index (χ4n) is 2.37. The van der Waals surface area contributed by atoms with Gasteiger partial charge in [0.15, 0.2) is 9.84 Å². The summed E-state index contributed by atoms with van der Waals surface area (Å²) in [6.07, 6.45) is 0. The van der Waals surface area contributed by atoms with Gasteiger partial charge < -0.3 is 5.32 Å². The molecule has 0 amide bonds. The normalized spacial score (nSPS) is 24.4. The third-order valence-electron chi connectivity index (χ3n) is 4.22. The van der Waals surface area contributed by atoms with E-state index in [9.17, 15) is 8.42 Å². The van der Waals surface area contributed by atoms with Crippen molar-refractivity contribution >= 4 is 21.6 Å². The highest BCUT2D eigenvalue weighted by Crippen LogP contribution is 2.28. The van der Waals surface area contributed by atoms with E-state index in [2.05, 4.69) is 31.0 Å². The molecule has 0 aromatic rings. The van der Waals surface area contributed by atoms with Crippen LogP contribution in [0.25, 0.3) is 0 Å². The molecule has 0 spiro atoms. The zero-order chi connectivity index (χ0) is 14.7. The first kappa shape index (κ1) is 17.3. The van der Waals surface area contributed by atoms with Gasteiger partial charge in [0.1, 0.15) is 5.37 Å². The highest BCUT2D eigenvalue weighted by atomic mass is 32.2. The minimum absolute atomic E-state index is 0.0538. The number of hydrogen-bond acceptors (Lipinski definition) is 5. The average molecular weight is 309 g/mol. The van der Waals surface area contributed by atoms with Crippen LogP contribution in [-0.4, -0.2) is 62.1 Å². The standard InChI is InChI=1S/C13H28N2O2S2/c1-6-19(16,17)12-9-18-8-7-15(12)10-13(3,4)11(2)14-5/h11-12,14H,6-10H2,1-5H3. The molecular weight excluding hydrogens is 280 g/mol. The maximum absolute atomic E-state index is 12.2. The Bertz CT molecular complexity index is 382. The summed E-state index contributed by atoms with van der Waals surface area (Å²) in [7, 11) is -1.03. The monoisotopic (exact) mass is 308 g/mol. The van der Waals surface area contributed by atoms with Gasteiger partial charge in [0.25, 0.3) is 0 Å². The third kappa shape index (κ3) is 4.34. The van der Waals surface area contributed by atoms with Gasteiger partial charge in [0.2, 0.25) is 0 Å². The molecule has 1 aliphatic heterocycles. The molecule has 6 heteroatoms. The van der Waals surface area contributed by atoms with Crippen molar-refractivity contribution in [3.8, 4) is 0 Å². The van der Waals surface area contributed by atoms with Gasteiger partial charge in [-0.3, -0.25) is 4.90 Å². The summed E-state index contributed by atoms with van der Waals surface area (Å²) >= 11 is 1.75. The van der Waals surface area contributed by atoms with E-state index in [1.807, 2.05) is 7.05 Å². The second-order valence-corrected chi connectivity index (χ2v) is 9.55. The maximum Gasteiger partial charge on any atom is 0.166 e. The van der Waals surface area contributed by atoms with Gasteiger partial charge in [0.05, 0.1) is 0 Å². The van der Waals surface area contributed by atoms with Gasteiger partial charge in [-0.05, 0) is 19.4 Å². The lowest BCUT2D eigenvalue weighted by molar-refractivity contribution is 0.143. The predicted octanol–water partition coefficient (Wildman–Crippen LogP) is 1.43. The predicted molar refractivity (Wildman–Crippen MR) is 84.4 cm³/mol. The number of thioether (sulfide) groups is 1. The SMILES string of the molecule is CCS(=O)(=O)C1CSCCN1CC(C)(C)C(C)NC. The van der Waals surface area contributed by atoms with Crippen molar-refractivity contribution in [2.24, 2.45) is 5.41 Å². The second kappa shape index (κ2) is 6.78. The van der Waals surface area contributed by atoms with E-state index in [0.717, 1.165) is 18.8 Å². The van der Waals surface area contributed by atoms with Crippen molar-refractivity contribution in [1.29, 1.82) is 0 Å². The van der Waals surface area contributed by atoms with Gasteiger partial charge in [-0.25, -0.2) is 8.42 Å². The van der Waals surface area contributed by atoms with Crippen LogP contribution in [0.2, 0.25) is 0 Å². The average Bonchev–Trinajstić information content (AvgIpc) is 2.37. The zero-order valence-electron chi connectivity index (χ0n) is 12.8. The minimum atomic E-state index is -2.99. The molecule has 0 aromatic heterocycles. The second-order valence-electron chi connectivity index (χ2n) is 5.95. The van der Waals surface area contributed by atoms with Crippen LogP contribution in [0.1, 0.15) is 27.7 Å². The van der Waals surface area contributed by atoms with E-state index in [4.69, 9.17) is 0 Å². The molecule has 0 aromatic carbocycles. The number of nitrogens with one attached hydrogen (secondary N) is 1. The topological polar surface area (TPSA) is 49.4 Å². The number of rotatable bonds is 6. The van der Waals surface area contributed by atoms with Crippen LogP contribution >= 0.6 is 11.8 Å². The summed E-state index contributed by atoms with van der Waals surface area (Å²) in [6.45, 7) is 9.99. The van der Waals surface area contributed by atoms with Crippen molar-refractivity contribution in [3.05, 3.63) is 0 Å². The van der Waals surface area contributed by atoms with E-state index in [-0.39, 0.29) is 16.5 Å². The lowest BCUT2D eigenvalue weighted by atomic mass is 9.85. The molecule has 4 nitrogen and oxygen atoms in total. The first-order chi connectivity index (χ1) is 8.74. The Labute approximate surface area is 122 Å². The maximum atomic E-state index is 12.2. The molecule has 2 unspecified atom stereocenters. The first-order valence-electron chi connectivity index (χ1n) is 6.95. The lowest BCUT2D eigenvalue weighted by Crippen LogP contribution is -2.54. The highest BCUT2D eigenvalue weighted by Gasteiger charge is 2.37. The lowest BCUT2D eigenvalue weighted by Gasteiger charge is -2.42. The van der Waals surface area contributed by atoms with Crippen LogP contribution in [0.3, 0.4) is 0 Å². The van der Waals surface area contributed by atoms with Crippen molar-refractivity contribution in [3.63, 3.8) is 0 Å². The quantitative estimate of drug-likeness (QED) is 0.804. The van der Waals surface area contributed by atoms with Crippen LogP contribution in [-0.2, 0) is 9.84 Å². The zero-order valence-corrected chi connectivity index (χ0v) is 14.4. The molecule has 1 fully saturated rings. The van der Waals surface area contributed by atoms with Crippen molar-refractivity contribution < 1.29 is 8.42 Å². The molecular formula is C13H28N2O2S2. The van der Waals surface area contributed by atoms with Crippen molar-refractivity contribution in [2.45, 2.75) is 39.1 Å². The Balaban J connectivity index is 2.84. The molecule has 0 bridgehead atoms. The first-order valence-corrected chi connectivity index (χ1v) is 9.82. The summed E-state index contributed by atoms with van der Waals surface area (Å²) in [6, 6.07) is 0.354. The van der Waals surface area contributed by atoms with E-state index < -0.39 is 9.84 Å². The molecule has 1 aliphatic rings. The smallest absolute Gasteiger partial charge is 0.166 e. The number of nitrogens with zero attached hydrogens (tertiary/aromatic N) is 1. The van der Waals surface area contributed by atoms with Crippen LogP contribution in [0.5, 0.6) is 0 Å². The Kier molecular flexibility index (Phi) is 6.17. The van der Waals surface area contributed by atoms with E-state index in [1.54, 1.807) is 18.7 Å². The van der Waals surface area contributed by atoms with Gasteiger partial charge in [0, 0.05) is 36.4 Å². The molecule has 0 aliphatic carbocycles. The number of hydrogen-bond donors (Lipinski definition) is 1. The summed E-state index contributed by atoms with van der Waals surface area (Å²) < 4.78 is 24.4. The largest absolute Gasteiger partial charge is 0.317 e.